The number of aromatic nitrogens is 3. The smallest absolute Gasteiger partial charge is 0.417 e. The highest BCUT2D eigenvalue weighted by molar-refractivity contribution is 8.32. The molecule has 2 aromatic heterocycles. The van der Waals surface area contributed by atoms with Crippen molar-refractivity contribution in [3.8, 4) is 17.0 Å². The van der Waals surface area contributed by atoms with E-state index < -0.39 is 50.7 Å². The second-order valence-electron chi connectivity index (χ2n) is 15.2. The van der Waals surface area contributed by atoms with Crippen LogP contribution in [-0.2, 0) is 15.7 Å². The predicted molar refractivity (Wildman–Crippen MR) is 203 cm³/mol. The summed E-state index contributed by atoms with van der Waals surface area (Å²) < 4.78 is 75.6. The maximum Gasteiger partial charge on any atom is 0.417 e. The number of piperidine rings is 1. The molecule has 2 saturated heterocycles. The summed E-state index contributed by atoms with van der Waals surface area (Å²) in [6.45, 7) is 8.49. The summed E-state index contributed by atoms with van der Waals surface area (Å²) in [4.78, 5) is 44.7. The van der Waals surface area contributed by atoms with Gasteiger partial charge in [-0.3, -0.25) is 4.79 Å². The first-order valence-electron chi connectivity index (χ1n) is 17.7. The summed E-state index contributed by atoms with van der Waals surface area (Å²) in [7, 11) is 0.700. The van der Waals surface area contributed by atoms with Crippen LogP contribution in [0.5, 0.6) is 5.88 Å². The normalized spacial score (nSPS) is 16.2. The van der Waals surface area contributed by atoms with Crippen LogP contribution in [0.2, 0.25) is 0 Å². The number of carbonyl (C=O) groups is 2. The summed E-state index contributed by atoms with van der Waals surface area (Å²) in [5.41, 5.74) is -1.91. The number of halogens is 4. The lowest BCUT2D eigenvalue weighted by Crippen LogP contribution is -2.47. The number of nitrogens with zero attached hydrogens (tertiary/aromatic N) is 6. The van der Waals surface area contributed by atoms with Gasteiger partial charge in [-0.05, 0) is 64.5 Å². The summed E-state index contributed by atoms with van der Waals surface area (Å²) in [6.07, 6.45) is 5.57. The Bertz CT molecular complexity index is 1790. The van der Waals surface area contributed by atoms with Crippen molar-refractivity contribution in [3.63, 3.8) is 0 Å². The maximum atomic E-state index is 16.0. The molecule has 0 bridgehead atoms. The van der Waals surface area contributed by atoms with Gasteiger partial charge in [0.25, 0.3) is 5.91 Å². The van der Waals surface area contributed by atoms with Crippen molar-refractivity contribution in [3.05, 3.63) is 53.7 Å². The van der Waals surface area contributed by atoms with Crippen LogP contribution >= 0.6 is 10.0 Å². The van der Waals surface area contributed by atoms with Crippen molar-refractivity contribution in [1.29, 1.82) is 0 Å². The van der Waals surface area contributed by atoms with E-state index in [-0.39, 0.29) is 35.5 Å². The molecule has 2 aliphatic rings. The maximum absolute atomic E-state index is 16.0. The molecule has 1 N–H and O–H groups in total. The molecule has 12 nitrogen and oxygen atoms in total. The van der Waals surface area contributed by atoms with Crippen LogP contribution < -0.4 is 19.9 Å². The van der Waals surface area contributed by atoms with Gasteiger partial charge in [-0.2, -0.15) is 13.2 Å². The highest BCUT2D eigenvalue weighted by Crippen LogP contribution is 2.39. The average molecular weight is 780 g/mol. The number of amides is 2. The minimum Gasteiger partial charge on any atom is -0.477 e. The van der Waals surface area contributed by atoms with Crippen LogP contribution in [0, 0.1) is 5.82 Å². The van der Waals surface area contributed by atoms with Crippen molar-refractivity contribution >= 4 is 39.4 Å². The number of nitrogens with one attached hydrogen (secondary N) is 1. The quantitative estimate of drug-likeness (QED) is 0.223. The lowest BCUT2D eigenvalue weighted by atomic mass is 10.0. The Morgan fingerprint density at radius 2 is 1.61 bits per heavy atom. The highest BCUT2D eigenvalue weighted by Gasteiger charge is 2.37. The minimum absolute atomic E-state index is 0.0426. The molecule has 5 rings (SSSR count). The van der Waals surface area contributed by atoms with Crippen LogP contribution in [0.3, 0.4) is 0 Å². The highest BCUT2D eigenvalue weighted by atomic mass is 32.3. The lowest BCUT2D eigenvalue weighted by molar-refractivity contribution is -0.138. The number of benzene rings is 1. The summed E-state index contributed by atoms with van der Waals surface area (Å²) >= 11 is 0. The van der Waals surface area contributed by atoms with Gasteiger partial charge >= 0.3 is 12.3 Å². The van der Waals surface area contributed by atoms with E-state index in [1.807, 2.05) is 9.80 Å². The van der Waals surface area contributed by atoms with Gasteiger partial charge in [0, 0.05) is 80.8 Å². The monoisotopic (exact) mass is 779 g/mol. The van der Waals surface area contributed by atoms with Crippen molar-refractivity contribution in [2.45, 2.75) is 51.4 Å². The van der Waals surface area contributed by atoms with Crippen molar-refractivity contribution in [2.24, 2.45) is 0 Å². The van der Waals surface area contributed by atoms with Gasteiger partial charge in [-0.1, -0.05) is 0 Å². The zero-order valence-corrected chi connectivity index (χ0v) is 32.6. The van der Waals surface area contributed by atoms with E-state index in [0.717, 1.165) is 12.3 Å². The Morgan fingerprint density at radius 3 is 2.20 bits per heavy atom. The minimum atomic E-state index is -4.90. The fourth-order valence-corrected chi connectivity index (χ4v) is 6.61. The second-order valence-corrected chi connectivity index (χ2v) is 19.8. The third-order valence-electron chi connectivity index (χ3n) is 8.99. The van der Waals surface area contributed by atoms with Gasteiger partial charge in [0.05, 0.1) is 42.3 Å². The first kappa shape index (κ1) is 40.8. The zero-order chi connectivity index (χ0) is 39.4. The molecule has 0 unspecified atom stereocenters. The molecule has 2 fully saturated rings. The molecule has 2 aliphatic heterocycles. The third-order valence-corrected chi connectivity index (χ3v) is 10.4. The topological polar surface area (TPSA) is 122 Å². The molecule has 17 heteroatoms. The van der Waals surface area contributed by atoms with Crippen LogP contribution in [0.1, 0.15) is 49.5 Å². The summed E-state index contributed by atoms with van der Waals surface area (Å²) in [5, 5.41) is 2.63. The fraction of sp³-hybridized carbons (Fsp3) is 0.541. The van der Waals surface area contributed by atoms with Crippen molar-refractivity contribution in [1.82, 2.24) is 19.9 Å². The number of anilines is 3. The molecule has 3 aromatic rings. The third kappa shape index (κ3) is 10.6. The largest absolute Gasteiger partial charge is 0.477 e. The number of alkyl halides is 3. The second kappa shape index (κ2) is 16.6. The molecule has 0 spiro atoms. The number of morpholine rings is 1. The molecule has 2 amide bonds. The molecule has 4 heterocycles. The molecule has 0 radical (unpaired) electrons. The Morgan fingerprint density at radius 1 is 0.963 bits per heavy atom. The van der Waals surface area contributed by atoms with E-state index >= 15 is 4.39 Å². The van der Waals surface area contributed by atoms with Crippen LogP contribution in [0.4, 0.5) is 39.7 Å². The number of ether oxygens (including phenoxy) is 3. The van der Waals surface area contributed by atoms with E-state index in [1.54, 1.807) is 32.7 Å². The standard InChI is InChI=1S/C37H49F4N7O5S/c1-36(2,3)53-35(50)46(4)25-8-10-47(11-9-25)31-20-29(38)26(24-21-43-34(44-22-24)48-12-14-51-15-13-48)18-30(31)45-33(49)27-23-42-32(19-28(27)37(39,40)41)52-16-17-54(5,6)7/h18-23,25H,8-17H2,1-7H3,(H,45,49). The van der Waals surface area contributed by atoms with E-state index in [4.69, 9.17) is 14.2 Å². The molecular weight excluding hydrogens is 731 g/mol. The van der Waals surface area contributed by atoms with Crippen LogP contribution in [-0.4, -0.2) is 121 Å². The van der Waals surface area contributed by atoms with Gasteiger partial charge in [-0.15, -0.1) is 0 Å². The number of hydrogen-bond donors (Lipinski definition) is 1. The zero-order valence-electron chi connectivity index (χ0n) is 31.8. The molecule has 296 valence electrons. The lowest BCUT2D eigenvalue weighted by Gasteiger charge is -2.39. The number of pyridine rings is 1. The molecule has 0 atom stereocenters. The first-order chi connectivity index (χ1) is 25.3. The van der Waals surface area contributed by atoms with Crippen molar-refractivity contribution in [2.75, 3.05) is 92.7 Å². The first-order valence-corrected chi connectivity index (χ1v) is 20.7. The molecule has 0 saturated carbocycles. The molecule has 1 aromatic carbocycles. The summed E-state index contributed by atoms with van der Waals surface area (Å²) in [6, 6.07) is 3.17. The Hall–Kier alpha value is -4.38. The van der Waals surface area contributed by atoms with Crippen LogP contribution in [0.15, 0.2) is 36.8 Å². The van der Waals surface area contributed by atoms with Gasteiger partial charge in [-0.25, -0.2) is 34.2 Å². The molecule has 0 aliphatic carbocycles. The van der Waals surface area contributed by atoms with Crippen molar-refractivity contribution < 1.29 is 41.4 Å². The number of carbonyl (C=O) groups excluding carboxylic acids is 2. The molecule has 54 heavy (non-hydrogen) atoms. The number of rotatable bonds is 10. The molecular formula is C37H49F4N7O5S. The Balaban J connectivity index is 1.45. The summed E-state index contributed by atoms with van der Waals surface area (Å²) in [5.74, 6) is -0.866. The fourth-order valence-electron chi connectivity index (χ4n) is 6.03. The average Bonchev–Trinajstić information content (AvgIpc) is 3.10. The van der Waals surface area contributed by atoms with Gasteiger partial charge < -0.3 is 34.2 Å². The van der Waals surface area contributed by atoms with Gasteiger partial charge in [0.2, 0.25) is 11.8 Å². The Labute approximate surface area is 314 Å². The van der Waals surface area contributed by atoms with Crippen LogP contribution in [0.25, 0.3) is 11.1 Å². The SMILES string of the molecule is CN(C(=O)OC(C)(C)C)C1CCN(c2cc(F)c(-c3cnc(N4CCOCC4)nc3)cc2NC(=O)c2cnc(OCCS(C)(C)C)cc2C(F)(F)F)CC1. The number of hydrogen-bond acceptors (Lipinski definition) is 10. The van der Waals surface area contributed by atoms with E-state index in [0.29, 0.717) is 69.5 Å². The van der Waals surface area contributed by atoms with E-state index in [2.05, 4.69) is 39.0 Å². The van der Waals surface area contributed by atoms with Gasteiger partial charge in [0.1, 0.15) is 11.4 Å². The van der Waals surface area contributed by atoms with E-state index in [9.17, 15) is 22.8 Å². The Kier molecular flexibility index (Phi) is 12.5. The van der Waals surface area contributed by atoms with E-state index in [1.165, 1.54) is 24.5 Å². The van der Waals surface area contributed by atoms with Gasteiger partial charge in [0.15, 0.2) is 0 Å². The predicted octanol–water partition coefficient (Wildman–Crippen LogP) is 6.69.